The zero-order valence-corrected chi connectivity index (χ0v) is 8.73. The summed E-state index contributed by atoms with van der Waals surface area (Å²) in [4.78, 5) is 0. The molecule has 0 aromatic carbocycles. The highest BCUT2D eigenvalue weighted by molar-refractivity contribution is 4.45. The molecule has 5 N–H and O–H groups in total. The molecule has 0 saturated carbocycles. The number of hydrogen-bond donors (Lipinski definition) is 3. The zero-order chi connectivity index (χ0) is 11.5. The molecule has 0 rings (SSSR count). The molecule has 80 valence electrons. The van der Waals surface area contributed by atoms with Crippen molar-refractivity contribution < 1.29 is 0 Å². The lowest BCUT2D eigenvalue weighted by atomic mass is 10.6. The minimum atomic E-state index is 0.694. The Balaban J connectivity index is -0.0000000573. The average Bonchev–Trinajstić information content (AvgIpc) is 2.27. The van der Waals surface area contributed by atoms with Crippen molar-refractivity contribution in [1.82, 2.24) is 5.32 Å². The van der Waals surface area contributed by atoms with Crippen LogP contribution in [0.5, 0.6) is 0 Å². The molecule has 3 heteroatoms. The third-order valence-corrected chi connectivity index (χ3v) is 0.642. The standard InChI is InChI=1S/C4H13N3.3C2H4/c5-1-3-7-4-2-6;3*1-2/h7H,1-6H2;3*1-2H2. The predicted molar refractivity (Wildman–Crippen MR) is 64.7 cm³/mol. The molecule has 0 bridgehead atoms. The maximum atomic E-state index is 5.17. The molecule has 3 nitrogen and oxygen atoms in total. The molecular formula is C10H25N3. The van der Waals surface area contributed by atoms with Gasteiger partial charge in [0.05, 0.1) is 0 Å². The molecule has 0 saturated heterocycles. The van der Waals surface area contributed by atoms with Gasteiger partial charge in [-0.3, -0.25) is 0 Å². The second-order valence-electron chi connectivity index (χ2n) is 1.33. The molecule has 0 fully saturated rings. The van der Waals surface area contributed by atoms with Crippen molar-refractivity contribution in [2.45, 2.75) is 0 Å². The molecule has 0 aliphatic carbocycles. The number of nitrogens with one attached hydrogen (secondary N) is 1. The molecule has 13 heavy (non-hydrogen) atoms. The first-order chi connectivity index (χ1) is 6.41. The predicted octanol–water partition coefficient (Wildman–Crippen LogP) is 0.900. The molecule has 0 heterocycles. The summed E-state index contributed by atoms with van der Waals surface area (Å²) in [5.74, 6) is 0. The van der Waals surface area contributed by atoms with Gasteiger partial charge in [-0.25, -0.2) is 0 Å². The van der Waals surface area contributed by atoms with E-state index in [9.17, 15) is 0 Å². The van der Waals surface area contributed by atoms with E-state index in [1.54, 1.807) is 0 Å². The highest BCUT2D eigenvalue weighted by Crippen LogP contribution is 1.49. The van der Waals surface area contributed by atoms with Crippen LogP contribution in [0.4, 0.5) is 0 Å². The minimum Gasteiger partial charge on any atom is -0.329 e. The van der Waals surface area contributed by atoms with Gasteiger partial charge in [-0.2, -0.15) is 0 Å². The lowest BCUT2D eigenvalue weighted by Crippen LogP contribution is -2.27. The van der Waals surface area contributed by atoms with Crippen LogP contribution >= 0.6 is 0 Å². The van der Waals surface area contributed by atoms with Crippen LogP contribution in [0.1, 0.15) is 0 Å². The summed E-state index contributed by atoms with van der Waals surface area (Å²) >= 11 is 0. The van der Waals surface area contributed by atoms with Crippen molar-refractivity contribution >= 4 is 0 Å². The van der Waals surface area contributed by atoms with Crippen molar-refractivity contribution in [1.29, 1.82) is 0 Å². The molecule has 0 radical (unpaired) electrons. The molecule has 0 aromatic rings. The second kappa shape index (κ2) is 67.4. The first kappa shape index (κ1) is 22.7. The second-order valence-corrected chi connectivity index (χ2v) is 1.33. The van der Waals surface area contributed by atoms with Crippen LogP contribution in [0.25, 0.3) is 0 Å². The van der Waals surface area contributed by atoms with Gasteiger partial charge in [0.2, 0.25) is 0 Å². The van der Waals surface area contributed by atoms with Gasteiger partial charge >= 0.3 is 0 Å². The Labute approximate surface area is 83.2 Å². The van der Waals surface area contributed by atoms with Crippen LogP contribution in [0, 0.1) is 0 Å². The van der Waals surface area contributed by atoms with Crippen molar-refractivity contribution in [2.75, 3.05) is 26.2 Å². The van der Waals surface area contributed by atoms with Crippen LogP contribution in [-0.2, 0) is 0 Å². The summed E-state index contributed by atoms with van der Waals surface area (Å²) in [6.07, 6.45) is 0. The normalized spacial score (nSPS) is 6.00. The molecular weight excluding hydrogens is 162 g/mol. The maximum Gasteiger partial charge on any atom is 0.00750 e. The van der Waals surface area contributed by atoms with Crippen molar-refractivity contribution in [3.8, 4) is 0 Å². The van der Waals surface area contributed by atoms with Gasteiger partial charge in [0, 0.05) is 26.2 Å². The van der Waals surface area contributed by atoms with E-state index in [4.69, 9.17) is 11.5 Å². The van der Waals surface area contributed by atoms with Gasteiger partial charge in [0.15, 0.2) is 0 Å². The Hall–Kier alpha value is -0.900. The van der Waals surface area contributed by atoms with Crippen molar-refractivity contribution in [3.63, 3.8) is 0 Å². The van der Waals surface area contributed by atoms with E-state index in [-0.39, 0.29) is 0 Å². The lowest BCUT2D eigenvalue weighted by Gasteiger charge is -1.95. The topological polar surface area (TPSA) is 64.1 Å². The van der Waals surface area contributed by atoms with Gasteiger partial charge in [-0.15, -0.1) is 39.5 Å². The average molecular weight is 187 g/mol. The Bertz CT molecular complexity index is 49.4. The van der Waals surface area contributed by atoms with Crippen molar-refractivity contribution in [2.24, 2.45) is 11.5 Å². The fourth-order valence-electron chi connectivity index (χ4n) is 0.329. The molecule has 0 unspecified atom stereocenters. The Kier molecular flexibility index (Phi) is 118. The molecule has 0 atom stereocenters. The highest BCUT2D eigenvalue weighted by Gasteiger charge is 1.76. The van der Waals surface area contributed by atoms with Gasteiger partial charge < -0.3 is 16.8 Å². The van der Waals surface area contributed by atoms with E-state index in [1.807, 2.05) is 0 Å². The summed E-state index contributed by atoms with van der Waals surface area (Å²) in [5.41, 5.74) is 10.3. The quantitative estimate of drug-likeness (QED) is 0.452. The van der Waals surface area contributed by atoms with Gasteiger partial charge in [-0.05, 0) is 0 Å². The van der Waals surface area contributed by atoms with Gasteiger partial charge in [-0.1, -0.05) is 0 Å². The number of rotatable bonds is 4. The largest absolute Gasteiger partial charge is 0.329 e. The number of hydrogen-bond acceptors (Lipinski definition) is 3. The fraction of sp³-hybridized carbons (Fsp3) is 0.400. The molecule has 0 aliphatic heterocycles. The van der Waals surface area contributed by atoms with Gasteiger partial charge in [0.25, 0.3) is 0 Å². The van der Waals surface area contributed by atoms with Crippen LogP contribution in [-0.4, -0.2) is 26.2 Å². The summed E-state index contributed by atoms with van der Waals surface area (Å²) < 4.78 is 0. The molecule has 0 aliphatic rings. The Morgan fingerprint density at radius 3 is 1.08 bits per heavy atom. The van der Waals surface area contributed by atoms with Gasteiger partial charge in [0.1, 0.15) is 0 Å². The fourth-order valence-corrected chi connectivity index (χ4v) is 0.329. The van der Waals surface area contributed by atoms with Crippen LogP contribution in [0.3, 0.4) is 0 Å². The lowest BCUT2D eigenvalue weighted by molar-refractivity contribution is 0.696. The van der Waals surface area contributed by atoms with Crippen LogP contribution in [0.15, 0.2) is 39.5 Å². The molecule has 0 amide bonds. The summed E-state index contributed by atoms with van der Waals surface area (Å²) in [7, 11) is 0. The third-order valence-electron chi connectivity index (χ3n) is 0.642. The third kappa shape index (κ3) is 95.6. The monoisotopic (exact) mass is 187 g/mol. The maximum absolute atomic E-state index is 5.17. The van der Waals surface area contributed by atoms with E-state index < -0.39 is 0 Å². The van der Waals surface area contributed by atoms with E-state index in [0.717, 1.165) is 13.1 Å². The Morgan fingerprint density at radius 1 is 0.692 bits per heavy atom. The highest BCUT2D eigenvalue weighted by atomic mass is 14.9. The van der Waals surface area contributed by atoms with Crippen LogP contribution < -0.4 is 16.8 Å². The Morgan fingerprint density at radius 2 is 0.923 bits per heavy atom. The summed E-state index contributed by atoms with van der Waals surface area (Å²) in [6, 6.07) is 0. The van der Waals surface area contributed by atoms with Crippen molar-refractivity contribution in [3.05, 3.63) is 39.5 Å². The zero-order valence-electron chi connectivity index (χ0n) is 8.73. The van der Waals surface area contributed by atoms with Crippen LogP contribution in [0.2, 0.25) is 0 Å². The first-order valence-electron chi connectivity index (χ1n) is 4.02. The summed E-state index contributed by atoms with van der Waals surface area (Å²) in [6.45, 7) is 21.1. The van der Waals surface area contributed by atoms with E-state index in [0.29, 0.717) is 13.1 Å². The SMILES string of the molecule is C=C.C=C.C=C.NCCNCCN. The molecule has 0 spiro atoms. The van der Waals surface area contributed by atoms with E-state index in [2.05, 4.69) is 44.8 Å². The number of nitrogens with two attached hydrogens (primary N) is 2. The minimum absolute atomic E-state index is 0.694. The summed E-state index contributed by atoms with van der Waals surface area (Å²) in [5, 5.41) is 3.03. The van der Waals surface area contributed by atoms with E-state index in [1.165, 1.54) is 0 Å². The smallest absolute Gasteiger partial charge is 0.00750 e. The van der Waals surface area contributed by atoms with E-state index >= 15 is 0 Å². The molecule has 0 aromatic heterocycles. The first-order valence-corrected chi connectivity index (χ1v) is 4.02.